The second kappa shape index (κ2) is 10.5. The summed E-state index contributed by atoms with van der Waals surface area (Å²) in [7, 11) is 0. The van der Waals surface area contributed by atoms with Gasteiger partial charge in [-0.25, -0.2) is 4.98 Å². The zero-order chi connectivity index (χ0) is 26.9. The zero-order valence-corrected chi connectivity index (χ0v) is 22.9. The molecule has 192 valence electrons. The third-order valence-corrected chi connectivity index (χ3v) is 8.30. The Labute approximate surface area is 228 Å². The molecule has 1 heterocycles. The molecule has 3 atom stereocenters. The molecule has 2 bridgehead atoms. The van der Waals surface area contributed by atoms with Crippen molar-refractivity contribution in [2.24, 2.45) is 5.73 Å². The van der Waals surface area contributed by atoms with Crippen LogP contribution in [0.15, 0.2) is 102 Å². The molecule has 1 amide bonds. The molecule has 5 heteroatoms. The summed E-state index contributed by atoms with van der Waals surface area (Å²) < 4.78 is 0. The van der Waals surface area contributed by atoms with Gasteiger partial charge in [0.05, 0.1) is 5.69 Å². The topological polar surface area (TPSA) is 68.0 Å². The van der Waals surface area contributed by atoms with E-state index in [0.717, 1.165) is 27.8 Å². The van der Waals surface area contributed by atoms with E-state index >= 15 is 0 Å². The molecule has 3 unspecified atom stereocenters. The predicted molar refractivity (Wildman–Crippen MR) is 161 cm³/mol. The Morgan fingerprint density at radius 2 is 1.74 bits per heavy atom. The van der Waals surface area contributed by atoms with Crippen molar-refractivity contribution in [2.75, 3.05) is 5.32 Å². The number of fused-ring (bicyclic) bond motifs is 1. The van der Waals surface area contributed by atoms with Gasteiger partial charge in [-0.05, 0) is 46.4 Å². The molecule has 6 rings (SSSR count). The molecule has 0 aliphatic heterocycles. The number of thiazole rings is 1. The first-order valence-electron chi connectivity index (χ1n) is 13.1. The van der Waals surface area contributed by atoms with Crippen LogP contribution in [0, 0.1) is 6.92 Å². The molecule has 4 nitrogen and oxygen atoms in total. The zero-order valence-electron chi connectivity index (χ0n) is 22.1. The Morgan fingerprint density at radius 1 is 1.03 bits per heavy atom. The van der Waals surface area contributed by atoms with Crippen molar-refractivity contribution in [1.29, 1.82) is 0 Å². The molecular weight excluding hydrogens is 486 g/mol. The van der Waals surface area contributed by atoms with Crippen LogP contribution in [0.4, 0.5) is 5.13 Å². The van der Waals surface area contributed by atoms with E-state index in [1.54, 1.807) is 0 Å². The summed E-state index contributed by atoms with van der Waals surface area (Å²) in [5.74, 6) is -0.489. The molecule has 3 N–H and O–H groups in total. The summed E-state index contributed by atoms with van der Waals surface area (Å²) >= 11 is 1.42. The number of aromatic nitrogens is 1. The Morgan fingerprint density at radius 3 is 2.53 bits per heavy atom. The summed E-state index contributed by atoms with van der Waals surface area (Å²) in [6.07, 6.45) is 8.49. The van der Waals surface area contributed by atoms with Crippen LogP contribution in [0.25, 0.3) is 22.0 Å². The molecule has 2 aliphatic carbocycles. The van der Waals surface area contributed by atoms with E-state index in [-0.39, 0.29) is 17.7 Å². The number of hydrogen-bond acceptors (Lipinski definition) is 4. The fourth-order valence-electron chi connectivity index (χ4n) is 5.62. The van der Waals surface area contributed by atoms with Crippen molar-refractivity contribution >= 4 is 33.1 Å². The lowest BCUT2D eigenvalue weighted by atomic mass is 9.64. The van der Waals surface area contributed by atoms with Crippen LogP contribution in [0.5, 0.6) is 0 Å². The standard InChI is InChI=1S/C31H27N3OS.C2H6/c1-19-9-3-8-14-27-24-13-7-6-12-23(24)26(19)17-31(27,32)29(35)34-30-33-28(18-36-30)25-16-15-20(2)21-10-4-5-11-22(21)25;1-2/h3-16,18,26-27H,1,17,32H2,2H3,(H,33,34,35);1-2H3/b9-3-,14-8-;. The predicted octanol–water partition coefficient (Wildman–Crippen LogP) is 7.89. The molecule has 0 fully saturated rings. The van der Waals surface area contributed by atoms with Gasteiger partial charge in [-0.2, -0.15) is 0 Å². The monoisotopic (exact) mass is 519 g/mol. The van der Waals surface area contributed by atoms with Crippen LogP contribution < -0.4 is 11.1 Å². The quantitative estimate of drug-likeness (QED) is 0.289. The molecule has 0 saturated carbocycles. The highest BCUT2D eigenvalue weighted by Gasteiger charge is 2.48. The molecule has 0 radical (unpaired) electrons. The maximum Gasteiger partial charge on any atom is 0.247 e. The van der Waals surface area contributed by atoms with Crippen molar-refractivity contribution in [1.82, 2.24) is 4.98 Å². The molecule has 1 aromatic heterocycles. The maximum atomic E-state index is 13.8. The lowest BCUT2D eigenvalue weighted by Gasteiger charge is -2.43. The van der Waals surface area contributed by atoms with Crippen LogP contribution in [0.1, 0.15) is 48.8 Å². The van der Waals surface area contributed by atoms with E-state index in [0.29, 0.717) is 11.6 Å². The molecule has 3 aromatic carbocycles. The number of benzene rings is 3. The first kappa shape index (κ1) is 25.8. The van der Waals surface area contributed by atoms with E-state index in [1.165, 1.54) is 27.8 Å². The molecule has 38 heavy (non-hydrogen) atoms. The normalized spacial score (nSPS) is 23.3. The van der Waals surface area contributed by atoms with Gasteiger partial charge >= 0.3 is 0 Å². The van der Waals surface area contributed by atoms with Crippen molar-refractivity contribution in [3.8, 4) is 11.3 Å². The van der Waals surface area contributed by atoms with Gasteiger partial charge in [-0.15, -0.1) is 11.3 Å². The van der Waals surface area contributed by atoms with Gasteiger partial charge in [-0.1, -0.05) is 105 Å². The van der Waals surface area contributed by atoms with Crippen LogP contribution >= 0.6 is 11.3 Å². The number of allylic oxidation sites excluding steroid dienone is 4. The number of carbonyl (C=O) groups is 1. The molecule has 0 spiro atoms. The van der Waals surface area contributed by atoms with Crippen molar-refractivity contribution < 1.29 is 4.79 Å². The third kappa shape index (κ3) is 4.42. The van der Waals surface area contributed by atoms with Gasteiger partial charge < -0.3 is 11.1 Å². The number of rotatable bonds is 3. The largest absolute Gasteiger partial charge is 0.317 e. The van der Waals surface area contributed by atoms with Gasteiger partial charge in [0.2, 0.25) is 5.91 Å². The third-order valence-electron chi connectivity index (χ3n) is 7.54. The number of hydrogen-bond donors (Lipinski definition) is 2. The number of nitrogens with one attached hydrogen (secondary N) is 1. The summed E-state index contributed by atoms with van der Waals surface area (Å²) in [5, 5.41) is 7.96. The number of aryl methyl sites for hydroxylation is 1. The second-order valence-electron chi connectivity index (χ2n) is 9.69. The maximum absolute atomic E-state index is 13.8. The molecule has 4 aromatic rings. The smallest absolute Gasteiger partial charge is 0.247 e. The lowest BCUT2D eigenvalue weighted by Crippen LogP contribution is -2.58. The highest BCUT2D eigenvalue weighted by molar-refractivity contribution is 7.14. The van der Waals surface area contributed by atoms with E-state index in [1.807, 2.05) is 67.8 Å². The second-order valence-corrected chi connectivity index (χ2v) is 10.5. The first-order valence-corrected chi connectivity index (χ1v) is 14.0. The van der Waals surface area contributed by atoms with E-state index < -0.39 is 5.54 Å². The minimum Gasteiger partial charge on any atom is -0.317 e. The highest BCUT2D eigenvalue weighted by Crippen LogP contribution is 2.48. The Balaban J connectivity index is 0.00000144. The van der Waals surface area contributed by atoms with E-state index in [4.69, 9.17) is 10.7 Å². The number of nitrogens with zero attached hydrogens (tertiary/aromatic N) is 1. The fourth-order valence-corrected chi connectivity index (χ4v) is 6.32. The van der Waals surface area contributed by atoms with Crippen molar-refractivity contribution in [3.05, 3.63) is 119 Å². The van der Waals surface area contributed by atoms with Crippen LogP contribution in [0.2, 0.25) is 0 Å². The number of anilines is 1. The SMILES string of the molecule is C=C1/C=C\C=C/C2c3ccccc3C1CC2(N)C(=O)Nc1nc(-c2ccc(C)c3ccccc23)cs1.CC. The van der Waals surface area contributed by atoms with Gasteiger partial charge in [0, 0.05) is 22.8 Å². The van der Waals surface area contributed by atoms with Crippen LogP contribution in [-0.4, -0.2) is 16.4 Å². The van der Waals surface area contributed by atoms with Crippen LogP contribution in [-0.2, 0) is 4.79 Å². The average molecular weight is 520 g/mol. The van der Waals surface area contributed by atoms with Gasteiger partial charge in [-0.3, -0.25) is 4.79 Å². The van der Waals surface area contributed by atoms with Gasteiger partial charge in [0.15, 0.2) is 5.13 Å². The number of nitrogens with two attached hydrogens (primary N) is 1. The number of carbonyl (C=O) groups excluding carboxylic acids is 1. The summed E-state index contributed by atoms with van der Waals surface area (Å²) in [6, 6.07) is 20.8. The van der Waals surface area contributed by atoms with E-state index in [9.17, 15) is 4.79 Å². The molecular formula is C33H33N3OS. The van der Waals surface area contributed by atoms with Crippen LogP contribution in [0.3, 0.4) is 0 Å². The first-order chi connectivity index (χ1) is 18.5. The minimum absolute atomic E-state index is 0.0184. The van der Waals surface area contributed by atoms with Gasteiger partial charge in [0.1, 0.15) is 5.54 Å². The Bertz CT molecular complexity index is 1580. The Kier molecular flexibility index (Phi) is 7.15. The van der Waals surface area contributed by atoms with Crippen molar-refractivity contribution in [3.63, 3.8) is 0 Å². The minimum atomic E-state index is -1.13. The number of amides is 1. The summed E-state index contributed by atoms with van der Waals surface area (Å²) in [6.45, 7) is 10.4. The fraction of sp³-hybridized carbons (Fsp3) is 0.212. The molecule has 2 aliphatic rings. The van der Waals surface area contributed by atoms with Crippen molar-refractivity contribution in [2.45, 2.75) is 44.6 Å². The lowest BCUT2D eigenvalue weighted by molar-refractivity contribution is -0.122. The van der Waals surface area contributed by atoms with E-state index in [2.05, 4.69) is 55.2 Å². The molecule has 0 saturated heterocycles. The average Bonchev–Trinajstić information content (AvgIpc) is 3.44. The van der Waals surface area contributed by atoms with Gasteiger partial charge in [0.25, 0.3) is 0 Å². The highest BCUT2D eigenvalue weighted by atomic mass is 32.1. The Hall–Kier alpha value is -3.80. The summed E-state index contributed by atoms with van der Waals surface area (Å²) in [5.41, 5.74) is 12.2. The summed E-state index contributed by atoms with van der Waals surface area (Å²) in [4.78, 5) is 18.6.